The summed E-state index contributed by atoms with van der Waals surface area (Å²) >= 11 is 8.99. The van der Waals surface area contributed by atoms with Crippen molar-refractivity contribution in [3.05, 3.63) is 87.0 Å². The number of aromatic amines is 1. The van der Waals surface area contributed by atoms with Crippen molar-refractivity contribution in [3.8, 4) is 0 Å². The summed E-state index contributed by atoms with van der Waals surface area (Å²) in [7, 11) is 0. The summed E-state index contributed by atoms with van der Waals surface area (Å²) in [5.41, 5.74) is 10.3. The number of benzene rings is 2. The molecule has 2 unspecified atom stereocenters. The van der Waals surface area contributed by atoms with Crippen LogP contribution in [0.1, 0.15) is 32.1 Å². The van der Waals surface area contributed by atoms with E-state index in [1.54, 1.807) is 11.3 Å². The van der Waals surface area contributed by atoms with E-state index in [9.17, 15) is 0 Å². The molecule has 3 N–H and O–H groups in total. The minimum absolute atomic E-state index is 0.271. The Morgan fingerprint density at radius 2 is 1.67 bits per heavy atom. The van der Waals surface area contributed by atoms with E-state index < -0.39 is 0 Å². The summed E-state index contributed by atoms with van der Waals surface area (Å²) in [6, 6.07) is 21.4. The third-order valence-corrected chi connectivity index (χ3v) is 8.02. The highest BCUT2D eigenvalue weighted by molar-refractivity contribution is 8.00. The maximum atomic E-state index is 6.33. The van der Waals surface area contributed by atoms with Crippen LogP contribution in [0.2, 0.25) is 0 Å². The molecule has 5 rings (SSSR count). The van der Waals surface area contributed by atoms with E-state index in [-0.39, 0.29) is 5.25 Å². The predicted molar refractivity (Wildman–Crippen MR) is 118 cm³/mol. The zero-order chi connectivity index (χ0) is 18.4. The third kappa shape index (κ3) is 2.98. The number of thioether (sulfide) groups is 1. The first kappa shape index (κ1) is 17.0. The zero-order valence-electron chi connectivity index (χ0n) is 14.4. The Balaban J connectivity index is 1.73. The van der Waals surface area contributed by atoms with Gasteiger partial charge in [0.1, 0.15) is 10.6 Å². The number of nitrogens with one attached hydrogen (secondary N) is 1. The molecule has 0 amide bonds. The van der Waals surface area contributed by atoms with Gasteiger partial charge in [-0.25, -0.2) is 4.98 Å². The van der Waals surface area contributed by atoms with Gasteiger partial charge in [-0.2, -0.15) is 0 Å². The standard InChI is InChI=1S/C21H17N3S3/c22-19-16-14-11-15(12-7-3-1-4-8-12)26-17(13-9-5-2-6-10-13)18(14)27-20(16)24-21(25)23-19/h1-10,15,17H,11H2,(H3,22,23,24,25). The first-order chi connectivity index (χ1) is 13.2. The minimum atomic E-state index is 0.271. The maximum Gasteiger partial charge on any atom is 0.199 e. The van der Waals surface area contributed by atoms with Gasteiger partial charge in [0, 0.05) is 10.1 Å². The molecule has 134 valence electrons. The summed E-state index contributed by atoms with van der Waals surface area (Å²) in [6.45, 7) is 0. The van der Waals surface area contributed by atoms with Crippen molar-refractivity contribution in [3.63, 3.8) is 0 Å². The lowest BCUT2D eigenvalue weighted by molar-refractivity contribution is 0.895. The molecule has 0 saturated carbocycles. The number of nitrogens with two attached hydrogens (primary N) is 1. The van der Waals surface area contributed by atoms with Gasteiger partial charge in [0.25, 0.3) is 0 Å². The highest BCUT2D eigenvalue weighted by Gasteiger charge is 2.33. The van der Waals surface area contributed by atoms with Crippen molar-refractivity contribution in [2.75, 3.05) is 5.73 Å². The van der Waals surface area contributed by atoms with Crippen LogP contribution in [0.5, 0.6) is 0 Å². The lowest BCUT2D eigenvalue weighted by Gasteiger charge is -2.30. The Hall–Kier alpha value is -2.15. The van der Waals surface area contributed by atoms with E-state index >= 15 is 0 Å². The summed E-state index contributed by atoms with van der Waals surface area (Å²) in [4.78, 5) is 9.89. The monoisotopic (exact) mass is 407 g/mol. The zero-order valence-corrected chi connectivity index (χ0v) is 16.8. The van der Waals surface area contributed by atoms with Gasteiger partial charge in [-0.1, -0.05) is 60.7 Å². The van der Waals surface area contributed by atoms with E-state index in [0.717, 1.165) is 16.6 Å². The second-order valence-electron chi connectivity index (χ2n) is 6.61. The number of H-pyrrole nitrogens is 1. The fraction of sp³-hybridized carbons (Fsp3) is 0.143. The van der Waals surface area contributed by atoms with Gasteiger partial charge in [0.15, 0.2) is 4.77 Å². The smallest absolute Gasteiger partial charge is 0.199 e. The Kier molecular flexibility index (Phi) is 4.27. The lowest BCUT2D eigenvalue weighted by atomic mass is 9.98. The van der Waals surface area contributed by atoms with E-state index in [1.807, 2.05) is 11.8 Å². The van der Waals surface area contributed by atoms with E-state index in [2.05, 4.69) is 70.6 Å². The second kappa shape index (κ2) is 6.78. The first-order valence-electron chi connectivity index (χ1n) is 8.77. The van der Waals surface area contributed by atoms with Crippen LogP contribution < -0.4 is 5.73 Å². The van der Waals surface area contributed by atoms with Crippen molar-refractivity contribution < 1.29 is 0 Å². The molecule has 0 fully saturated rings. The van der Waals surface area contributed by atoms with Crippen LogP contribution in [0.25, 0.3) is 10.2 Å². The number of nitrogen functional groups attached to an aromatic ring is 1. The summed E-state index contributed by atoms with van der Waals surface area (Å²) < 4.78 is 0.446. The molecule has 2 atom stereocenters. The van der Waals surface area contributed by atoms with Gasteiger partial charge in [-0.3, -0.25) is 0 Å². The first-order valence-corrected chi connectivity index (χ1v) is 10.9. The molecule has 3 heterocycles. The average Bonchev–Trinajstić information content (AvgIpc) is 3.07. The predicted octanol–water partition coefficient (Wildman–Crippen LogP) is 6.06. The Morgan fingerprint density at radius 1 is 1.00 bits per heavy atom. The van der Waals surface area contributed by atoms with Gasteiger partial charge in [0.05, 0.1) is 10.6 Å². The van der Waals surface area contributed by atoms with E-state index in [0.29, 0.717) is 15.8 Å². The number of hydrogen-bond acceptors (Lipinski definition) is 5. The van der Waals surface area contributed by atoms with Gasteiger partial charge in [0.2, 0.25) is 0 Å². The van der Waals surface area contributed by atoms with Crippen LogP contribution in [0.3, 0.4) is 0 Å². The van der Waals surface area contributed by atoms with E-state index in [1.165, 1.54) is 21.6 Å². The summed E-state index contributed by atoms with van der Waals surface area (Å²) in [5, 5.41) is 1.70. The fourth-order valence-corrected chi connectivity index (χ4v) is 7.01. The highest BCUT2D eigenvalue weighted by atomic mass is 32.2. The number of fused-ring (bicyclic) bond motifs is 3. The molecule has 0 spiro atoms. The van der Waals surface area contributed by atoms with Gasteiger partial charge in [-0.15, -0.1) is 23.1 Å². The van der Waals surface area contributed by atoms with Crippen LogP contribution in [-0.2, 0) is 6.42 Å². The molecule has 27 heavy (non-hydrogen) atoms. The molecule has 0 aliphatic carbocycles. The Bertz CT molecular complexity index is 1170. The number of hydrogen-bond donors (Lipinski definition) is 2. The van der Waals surface area contributed by atoms with Crippen molar-refractivity contribution in [1.29, 1.82) is 0 Å². The molecule has 4 aromatic rings. The van der Waals surface area contributed by atoms with Gasteiger partial charge in [-0.05, 0) is 35.3 Å². The number of aromatic nitrogens is 2. The van der Waals surface area contributed by atoms with Gasteiger partial charge < -0.3 is 10.7 Å². The SMILES string of the molecule is Nc1[nH]c(=S)nc2sc3c(c12)CC(c1ccccc1)SC3c1ccccc1. The van der Waals surface area contributed by atoms with E-state index in [4.69, 9.17) is 18.0 Å². The summed E-state index contributed by atoms with van der Waals surface area (Å²) in [6.07, 6.45) is 0.948. The topological polar surface area (TPSA) is 54.7 Å². The molecular formula is C21H17N3S3. The molecule has 6 heteroatoms. The average molecular weight is 408 g/mol. The molecule has 0 saturated heterocycles. The number of rotatable bonds is 2. The minimum Gasteiger partial charge on any atom is -0.385 e. The highest BCUT2D eigenvalue weighted by Crippen LogP contribution is 2.55. The largest absolute Gasteiger partial charge is 0.385 e. The van der Waals surface area contributed by atoms with Crippen molar-refractivity contribution in [2.24, 2.45) is 0 Å². The van der Waals surface area contributed by atoms with Crippen molar-refractivity contribution in [2.45, 2.75) is 16.9 Å². The molecule has 1 aliphatic rings. The van der Waals surface area contributed by atoms with Crippen molar-refractivity contribution >= 4 is 51.4 Å². The lowest BCUT2D eigenvalue weighted by Crippen LogP contribution is -2.12. The van der Waals surface area contributed by atoms with Crippen LogP contribution in [-0.4, -0.2) is 9.97 Å². The Labute approximate surface area is 170 Å². The maximum absolute atomic E-state index is 6.33. The molecule has 2 aromatic heterocycles. The fourth-order valence-electron chi connectivity index (χ4n) is 3.72. The molecule has 0 radical (unpaired) electrons. The quantitative estimate of drug-likeness (QED) is 0.397. The third-order valence-electron chi connectivity index (χ3n) is 4.94. The van der Waals surface area contributed by atoms with Gasteiger partial charge >= 0.3 is 0 Å². The van der Waals surface area contributed by atoms with Crippen LogP contribution in [0.15, 0.2) is 60.7 Å². The van der Waals surface area contributed by atoms with Crippen LogP contribution >= 0.6 is 35.3 Å². The van der Waals surface area contributed by atoms with Crippen LogP contribution in [0, 0.1) is 4.77 Å². The number of anilines is 1. The molecule has 2 aromatic carbocycles. The molecule has 1 aliphatic heterocycles. The van der Waals surface area contributed by atoms with Crippen LogP contribution in [0.4, 0.5) is 5.82 Å². The molecule has 3 nitrogen and oxygen atoms in total. The molecular weight excluding hydrogens is 390 g/mol. The second-order valence-corrected chi connectivity index (χ2v) is 9.34. The molecule has 0 bridgehead atoms. The summed E-state index contributed by atoms with van der Waals surface area (Å²) in [5.74, 6) is 0.632. The van der Waals surface area contributed by atoms with Crippen molar-refractivity contribution in [1.82, 2.24) is 9.97 Å². The normalized spacial score (nSPS) is 19.1. The number of thiophene rings is 1. The Morgan fingerprint density at radius 3 is 2.37 bits per heavy atom. The number of nitrogens with zero attached hydrogens (tertiary/aromatic N) is 1.